The quantitative estimate of drug-likeness (QED) is 0.0365. The Balaban J connectivity index is 0.000000324. The molecular weight excluding hydrogens is 1310 g/mol. The second-order valence-electron chi connectivity index (χ2n) is 18.6. The third-order valence-electron chi connectivity index (χ3n) is 10.5. The van der Waals surface area contributed by atoms with E-state index in [-0.39, 0.29) is 76.0 Å². The van der Waals surface area contributed by atoms with Crippen LogP contribution in [0.1, 0.15) is 57.8 Å². The van der Waals surface area contributed by atoms with Crippen LogP contribution in [0, 0.1) is 19.3 Å². The summed E-state index contributed by atoms with van der Waals surface area (Å²) in [5, 5.41) is 16.4. The Morgan fingerprint density at radius 2 is 1.43 bits per heavy atom. The molecule has 2 atom stereocenters. The van der Waals surface area contributed by atoms with Crippen LogP contribution >= 0.6 is 30.6 Å². The third-order valence-corrected chi connectivity index (χ3v) is 16.8. The number of rotatable bonds is 20. The number of hydrogen-bond donors (Lipinski definition) is 7. The largest absolute Gasteiger partial charge is 0.481 e. The minimum absolute atomic E-state index is 0.0412. The van der Waals surface area contributed by atoms with E-state index in [2.05, 4.69) is 51.6 Å². The summed E-state index contributed by atoms with van der Waals surface area (Å²) in [5.74, 6) is 0.595. The van der Waals surface area contributed by atoms with Crippen molar-refractivity contribution in [1.82, 2.24) is 49.1 Å². The molecule has 8 N–H and O–H groups in total. The van der Waals surface area contributed by atoms with Gasteiger partial charge in [0.1, 0.15) is 29.1 Å². The molecule has 2 aromatic carbocycles. The van der Waals surface area contributed by atoms with Crippen molar-refractivity contribution in [3.8, 4) is 41.6 Å². The van der Waals surface area contributed by atoms with Crippen molar-refractivity contribution in [1.29, 1.82) is 0 Å². The van der Waals surface area contributed by atoms with Crippen LogP contribution < -0.4 is 50.5 Å². The second-order valence-corrected chi connectivity index (χ2v) is 27.4. The number of aryl methyl sites for hydroxylation is 2. The van der Waals surface area contributed by atoms with Crippen LogP contribution in [-0.4, -0.2) is 152 Å². The van der Waals surface area contributed by atoms with E-state index in [1.807, 2.05) is 20.8 Å². The number of sulfonamides is 2. The molecule has 4 aromatic heterocycles. The zero-order chi connectivity index (χ0) is 67.5. The maximum Gasteiger partial charge on any atom is 0.442 e. The van der Waals surface area contributed by atoms with E-state index in [1.165, 1.54) is 84.3 Å². The maximum atomic E-state index is 12.5. The topological polar surface area (TPSA) is 448 Å². The molecule has 0 saturated heterocycles. The molecule has 0 radical (unpaired) electrons. The van der Waals surface area contributed by atoms with Gasteiger partial charge in [0, 0.05) is 36.9 Å². The molecule has 2 unspecified atom stereocenters. The molecule has 6 aromatic rings. The molecule has 4 amide bonds. The summed E-state index contributed by atoms with van der Waals surface area (Å²) in [6, 6.07) is 8.21. The van der Waals surface area contributed by atoms with E-state index in [4.69, 9.17) is 68.7 Å². The second kappa shape index (κ2) is 32.3. The molecule has 0 spiro atoms. The van der Waals surface area contributed by atoms with Gasteiger partial charge in [-0.3, -0.25) is 20.0 Å². The number of nitrogens with zero attached hydrogens (tertiary/aromatic N) is 8. The Morgan fingerprint density at radius 1 is 0.854 bits per heavy atom. The SMILES string of the molecule is C#CCOc1cc(-n2nc(C(C)(C)C)oc2=O)c(Cl)cc1Cl.CCS(=O)(=O)c1cccnc1S(=O)(=O)NC(=O)Nc1nc(OC)cc(OC)n1.COc1nc(C)nc(NC(=O)NS(=O)(=O)c2ccccc2CCC(F)(F)F)n1.CP(=O)(O)CCC(N)C(=O)O. The number of benzene rings is 2. The number of sulfone groups is 1. The van der Waals surface area contributed by atoms with Crippen molar-refractivity contribution in [3.63, 3.8) is 0 Å². The number of aliphatic carboxylic acids is 1. The molecule has 89 heavy (non-hydrogen) atoms. The number of aromatic nitrogens is 8. The van der Waals surface area contributed by atoms with Gasteiger partial charge < -0.3 is 39.1 Å². The van der Waals surface area contributed by atoms with Gasteiger partial charge in [0.15, 0.2) is 22.2 Å². The Morgan fingerprint density at radius 3 is 1.94 bits per heavy atom. The van der Waals surface area contributed by atoms with E-state index in [9.17, 15) is 62.2 Å². The Bertz CT molecular complexity index is 3980. The van der Waals surface area contributed by atoms with E-state index >= 15 is 0 Å². The van der Waals surface area contributed by atoms with Crippen molar-refractivity contribution in [2.24, 2.45) is 5.73 Å². The summed E-state index contributed by atoms with van der Waals surface area (Å²) < 4.78 is 152. The Hall–Kier alpha value is -8.24. The molecule has 6 rings (SSSR count). The van der Waals surface area contributed by atoms with Crippen LogP contribution in [0.25, 0.3) is 5.69 Å². The number of anilines is 2. The van der Waals surface area contributed by atoms with Crippen LogP contribution in [0.5, 0.6) is 23.5 Å². The number of amides is 4. The van der Waals surface area contributed by atoms with Crippen LogP contribution in [0.2, 0.25) is 10.0 Å². The van der Waals surface area contributed by atoms with Crippen molar-refractivity contribution in [2.75, 3.05) is 57.1 Å². The average Bonchev–Trinajstić information content (AvgIpc) is 1.88. The summed E-state index contributed by atoms with van der Waals surface area (Å²) in [6.07, 6.45) is 0.0532. The van der Waals surface area contributed by atoms with Gasteiger partial charge in [-0.15, -0.1) is 11.5 Å². The van der Waals surface area contributed by atoms with E-state index in [1.54, 1.807) is 9.44 Å². The normalized spacial score (nSPS) is 12.4. The molecule has 0 aliphatic rings. The molecule has 0 saturated carbocycles. The molecule has 486 valence electrons. The van der Waals surface area contributed by atoms with Gasteiger partial charge in [-0.2, -0.15) is 51.2 Å². The number of nitrogens with one attached hydrogen (secondary N) is 4. The number of methoxy groups -OCH3 is 3. The lowest BCUT2D eigenvalue weighted by atomic mass is 9.97. The molecule has 40 heteroatoms. The number of halogens is 5. The molecule has 0 fully saturated rings. The zero-order valence-electron chi connectivity index (χ0n) is 48.3. The third kappa shape index (κ3) is 24.3. The van der Waals surface area contributed by atoms with Gasteiger partial charge in [-0.05, 0) is 49.6 Å². The molecule has 0 bridgehead atoms. The fourth-order valence-electron chi connectivity index (χ4n) is 6.24. The Kier molecular flexibility index (Phi) is 27.2. The molecule has 31 nitrogen and oxygen atoms in total. The number of carbonyl (C=O) groups excluding carboxylic acids is 2. The highest BCUT2D eigenvalue weighted by Gasteiger charge is 2.31. The highest BCUT2D eigenvalue weighted by Crippen LogP contribution is 2.36. The van der Waals surface area contributed by atoms with Gasteiger partial charge in [-0.1, -0.05) is 75.0 Å². The number of carboxylic acid groups (broad SMARTS) is 1. The van der Waals surface area contributed by atoms with Gasteiger partial charge >= 0.3 is 36.0 Å². The number of carbonyl (C=O) groups is 3. The maximum absolute atomic E-state index is 12.5. The van der Waals surface area contributed by atoms with Crippen LogP contribution in [-0.2, 0) is 51.1 Å². The lowest BCUT2D eigenvalue weighted by molar-refractivity contribution is -0.138. The fourth-order valence-corrected chi connectivity index (χ4v) is 11.2. The van der Waals surface area contributed by atoms with Crippen LogP contribution in [0.15, 0.2) is 84.8 Å². The summed E-state index contributed by atoms with van der Waals surface area (Å²) in [5.41, 5.74) is 4.92. The number of nitrogens with two attached hydrogens (primary N) is 1. The lowest BCUT2D eigenvalue weighted by Crippen LogP contribution is -2.36. The van der Waals surface area contributed by atoms with Crippen molar-refractivity contribution in [2.45, 2.75) is 86.3 Å². The predicted octanol–water partition coefficient (Wildman–Crippen LogP) is 5.52. The highest BCUT2D eigenvalue weighted by atomic mass is 35.5. The smallest absolute Gasteiger partial charge is 0.442 e. The molecular formula is C49H59Cl2F3N13O18PS3. The van der Waals surface area contributed by atoms with Crippen molar-refractivity contribution < 1.29 is 90.7 Å². The zero-order valence-corrected chi connectivity index (χ0v) is 53.2. The van der Waals surface area contributed by atoms with E-state index in [0.29, 0.717) is 17.3 Å². The van der Waals surface area contributed by atoms with Gasteiger partial charge in [-0.25, -0.2) is 45.6 Å². The summed E-state index contributed by atoms with van der Waals surface area (Å²) in [4.78, 5) is 76.6. The van der Waals surface area contributed by atoms with Gasteiger partial charge in [0.25, 0.3) is 20.0 Å². The fraction of sp³-hybridized carbons (Fsp3) is 0.367. The first-order chi connectivity index (χ1) is 41.2. The lowest BCUT2D eigenvalue weighted by Gasteiger charge is -2.13. The predicted molar refractivity (Wildman–Crippen MR) is 314 cm³/mol. The van der Waals surface area contributed by atoms with Gasteiger partial charge in [0.2, 0.25) is 29.5 Å². The van der Waals surface area contributed by atoms with Crippen molar-refractivity contribution in [3.05, 3.63) is 98.7 Å². The van der Waals surface area contributed by atoms with Crippen LogP contribution in [0.4, 0.5) is 34.7 Å². The first kappa shape index (κ1) is 75.0. The molecule has 4 heterocycles. The van der Waals surface area contributed by atoms with Crippen LogP contribution in [0.3, 0.4) is 0 Å². The summed E-state index contributed by atoms with van der Waals surface area (Å²) >= 11 is 12.2. The Labute approximate surface area is 517 Å². The molecule has 0 aliphatic heterocycles. The number of ether oxygens (including phenoxy) is 4. The minimum atomic E-state index is -4.61. The first-order valence-corrected chi connectivity index (χ1v) is 32.5. The number of alkyl halides is 3. The highest BCUT2D eigenvalue weighted by molar-refractivity contribution is 7.93. The minimum Gasteiger partial charge on any atom is -0.481 e. The summed E-state index contributed by atoms with van der Waals surface area (Å²) in [7, 11) is -12.1. The average molecular weight is 1370 g/mol. The number of urea groups is 2. The summed E-state index contributed by atoms with van der Waals surface area (Å²) in [6.45, 7) is 9.73. The van der Waals surface area contributed by atoms with E-state index in [0.717, 1.165) is 23.0 Å². The van der Waals surface area contributed by atoms with E-state index < -0.39 is 106 Å². The van der Waals surface area contributed by atoms with Crippen molar-refractivity contribution >= 4 is 90.4 Å². The monoisotopic (exact) mass is 1370 g/mol. The number of terminal acetylenes is 1. The van der Waals surface area contributed by atoms with Gasteiger partial charge in [0.05, 0.1) is 53.8 Å². The number of pyridine rings is 1. The molecule has 0 aliphatic carbocycles. The first-order valence-electron chi connectivity index (χ1n) is 24.9. The number of carboxylic acids is 1. The standard InChI is InChI=1S/C15H14Cl2N2O3.C15H16F3N5O4S.C14H17N5O7S2.C5H12NO4P/c1-5-6-21-12-8-11(9(16)7-10(12)17)19-14(20)22-13(18-19)15(2,3)4;1-9-19-12(22-14(20-9)27-2)21-13(24)23-28(25,26)11-6-4-3-5-10(11)7-8-15(16,17)18;1-4-27(21,22)9-6-5-7-15-12(9)28(23,24)19-14(20)18-13-16-10(25-2)8-11(17-13)26-3;1-11(9,10)3-2-4(6)5(7)8/h1,7-8H,6H2,2-4H3;3-6H,7-8H2,1-2H3,(H2,19,20,21,22,23,24);5-8H,4H2,1-3H3,(H2,16,17,18,19,20);4H,2-3,6H2,1H3,(H,7,8)(H,9,10). The number of hydrogen-bond acceptors (Lipinski definition) is 24.